The normalized spacial score (nSPS) is 10.9. The van der Waals surface area contributed by atoms with Crippen molar-refractivity contribution in [3.05, 3.63) is 59.7 Å². The predicted octanol–water partition coefficient (Wildman–Crippen LogP) is 0.575. The second kappa shape index (κ2) is 7.31. The van der Waals surface area contributed by atoms with Gasteiger partial charge in [0.25, 0.3) is 0 Å². The first kappa shape index (κ1) is 15.6. The van der Waals surface area contributed by atoms with Gasteiger partial charge in [-0.05, 0) is 42.3 Å². The van der Waals surface area contributed by atoms with Crippen molar-refractivity contribution in [1.82, 2.24) is 9.88 Å². The molecule has 0 amide bonds. The molecule has 0 radical (unpaired) electrons. The molecule has 0 unspecified atom stereocenters. The molecule has 0 saturated heterocycles. The summed E-state index contributed by atoms with van der Waals surface area (Å²) in [6.45, 7) is 1.29. The van der Waals surface area contributed by atoms with Crippen molar-refractivity contribution >= 4 is 12.6 Å². The highest BCUT2D eigenvalue weighted by atomic mass is 19.1. The Morgan fingerprint density at radius 1 is 1.24 bits per heavy atom. The van der Waals surface area contributed by atoms with Gasteiger partial charge < -0.3 is 14.9 Å². The lowest BCUT2D eigenvalue weighted by Crippen LogP contribution is -2.35. The minimum absolute atomic E-state index is 0.208. The Balaban J connectivity index is 1.98. The molecule has 1 aromatic carbocycles. The number of likely N-dealkylation sites (N-methyl/N-ethyl adjacent to an activating group) is 1. The third kappa shape index (κ3) is 4.63. The number of hydrogen-bond acceptors (Lipinski definition) is 4. The summed E-state index contributed by atoms with van der Waals surface area (Å²) in [5.74, 6) is -0.474. The molecule has 0 atom stereocenters. The molecule has 0 aliphatic carbocycles. The molecule has 1 heterocycles. The fourth-order valence-electron chi connectivity index (χ4n) is 2.17. The number of halogens is 1. The van der Waals surface area contributed by atoms with Gasteiger partial charge in [0.15, 0.2) is 0 Å². The Hall–Kier alpha value is -1.76. The van der Waals surface area contributed by atoms with Crippen LogP contribution in [0.3, 0.4) is 0 Å². The maximum Gasteiger partial charge on any atom is 0.488 e. The molecule has 2 aromatic rings. The number of benzene rings is 1. The van der Waals surface area contributed by atoms with Gasteiger partial charge in [0.1, 0.15) is 5.82 Å². The molecule has 0 bridgehead atoms. The summed E-state index contributed by atoms with van der Waals surface area (Å²) in [6, 6.07) is 9.86. The van der Waals surface area contributed by atoms with E-state index in [0.717, 1.165) is 24.7 Å². The van der Waals surface area contributed by atoms with Crippen molar-refractivity contribution in [2.45, 2.75) is 13.0 Å². The summed E-state index contributed by atoms with van der Waals surface area (Å²) in [5, 5.41) is 18.6. The van der Waals surface area contributed by atoms with Gasteiger partial charge in [-0.3, -0.25) is 4.98 Å². The van der Waals surface area contributed by atoms with Gasteiger partial charge in [0, 0.05) is 31.4 Å². The summed E-state index contributed by atoms with van der Waals surface area (Å²) < 4.78 is 13.2. The highest BCUT2D eigenvalue weighted by molar-refractivity contribution is 6.59. The maximum absolute atomic E-state index is 13.2. The van der Waals surface area contributed by atoms with Crippen LogP contribution in [0.25, 0.3) is 0 Å². The number of nitrogens with zero attached hydrogens (tertiary/aromatic N) is 2. The second-order valence-electron chi connectivity index (χ2n) is 5.03. The Morgan fingerprint density at radius 2 is 2.05 bits per heavy atom. The Morgan fingerprint density at radius 3 is 2.71 bits per heavy atom. The zero-order chi connectivity index (χ0) is 15.2. The van der Waals surface area contributed by atoms with Crippen molar-refractivity contribution in [2.24, 2.45) is 0 Å². The lowest BCUT2D eigenvalue weighted by atomic mass is 9.77. The van der Waals surface area contributed by atoms with E-state index >= 15 is 0 Å². The van der Waals surface area contributed by atoms with Gasteiger partial charge in [0.05, 0.1) is 0 Å². The van der Waals surface area contributed by atoms with Crippen LogP contribution < -0.4 is 5.46 Å². The third-order valence-electron chi connectivity index (χ3n) is 3.30. The average Bonchev–Trinajstić information content (AvgIpc) is 2.48. The van der Waals surface area contributed by atoms with E-state index in [2.05, 4.69) is 4.98 Å². The predicted molar refractivity (Wildman–Crippen MR) is 80.5 cm³/mol. The van der Waals surface area contributed by atoms with Crippen LogP contribution in [0.2, 0.25) is 0 Å². The van der Waals surface area contributed by atoms with Gasteiger partial charge in [-0.2, -0.15) is 0 Å². The molecule has 0 aliphatic heterocycles. The van der Waals surface area contributed by atoms with Gasteiger partial charge in [-0.25, -0.2) is 4.39 Å². The molecule has 6 heteroatoms. The van der Waals surface area contributed by atoms with Crippen LogP contribution in [0.1, 0.15) is 11.3 Å². The van der Waals surface area contributed by atoms with Crippen molar-refractivity contribution < 1.29 is 14.4 Å². The van der Waals surface area contributed by atoms with Crippen molar-refractivity contribution in [2.75, 3.05) is 13.6 Å². The smallest absolute Gasteiger partial charge is 0.423 e. The fourth-order valence-corrected chi connectivity index (χ4v) is 2.17. The Bertz CT molecular complexity index is 581. The zero-order valence-corrected chi connectivity index (χ0v) is 11.9. The Kier molecular flexibility index (Phi) is 5.44. The lowest BCUT2D eigenvalue weighted by molar-refractivity contribution is 0.330. The summed E-state index contributed by atoms with van der Waals surface area (Å²) in [6.07, 6.45) is 2.56. The monoisotopic (exact) mass is 288 g/mol. The van der Waals surface area contributed by atoms with E-state index in [4.69, 9.17) is 0 Å². The molecule has 4 nitrogen and oxygen atoms in total. The Labute approximate surface area is 124 Å². The van der Waals surface area contributed by atoms with Crippen molar-refractivity contribution in [1.29, 1.82) is 0 Å². The number of rotatable bonds is 6. The quantitative estimate of drug-likeness (QED) is 0.763. The number of pyridine rings is 1. The van der Waals surface area contributed by atoms with Crippen LogP contribution in [0, 0.1) is 5.82 Å². The van der Waals surface area contributed by atoms with E-state index in [-0.39, 0.29) is 5.46 Å². The molecule has 2 rings (SSSR count). The average molecular weight is 288 g/mol. The van der Waals surface area contributed by atoms with Crippen LogP contribution in [-0.4, -0.2) is 40.6 Å². The summed E-state index contributed by atoms with van der Waals surface area (Å²) >= 11 is 0. The van der Waals surface area contributed by atoms with Crippen molar-refractivity contribution in [3.8, 4) is 0 Å². The van der Waals surface area contributed by atoms with Crippen LogP contribution in [0.4, 0.5) is 4.39 Å². The molecule has 2 N–H and O–H groups in total. The van der Waals surface area contributed by atoms with Crippen LogP contribution in [0.5, 0.6) is 0 Å². The zero-order valence-electron chi connectivity index (χ0n) is 11.9. The SMILES string of the molecule is CN(CCc1ccccn1)Cc1ccc(F)cc1B(O)O. The van der Waals surface area contributed by atoms with Gasteiger partial charge in [-0.1, -0.05) is 12.1 Å². The molecular weight excluding hydrogens is 270 g/mol. The summed E-state index contributed by atoms with van der Waals surface area (Å²) in [5.41, 5.74) is 1.92. The fraction of sp³-hybridized carbons (Fsp3) is 0.267. The first-order valence-corrected chi connectivity index (χ1v) is 6.79. The van der Waals surface area contributed by atoms with E-state index < -0.39 is 12.9 Å². The van der Waals surface area contributed by atoms with E-state index in [1.54, 1.807) is 12.3 Å². The third-order valence-corrected chi connectivity index (χ3v) is 3.30. The molecule has 0 saturated carbocycles. The van der Waals surface area contributed by atoms with Gasteiger partial charge in [0.2, 0.25) is 0 Å². The lowest BCUT2D eigenvalue weighted by Gasteiger charge is -2.18. The minimum atomic E-state index is -1.67. The second-order valence-corrected chi connectivity index (χ2v) is 5.03. The largest absolute Gasteiger partial charge is 0.488 e. The number of hydrogen-bond donors (Lipinski definition) is 2. The first-order chi connectivity index (χ1) is 10.1. The van der Waals surface area contributed by atoms with E-state index in [1.807, 2.05) is 30.1 Å². The van der Waals surface area contributed by atoms with Gasteiger partial charge in [-0.15, -0.1) is 0 Å². The molecule has 0 aliphatic rings. The van der Waals surface area contributed by atoms with Crippen molar-refractivity contribution in [3.63, 3.8) is 0 Å². The highest BCUT2D eigenvalue weighted by Gasteiger charge is 2.17. The maximum atomic E-state index is 13.2. The topological polar surface area (TPSA) is 56.6 Å². The molecule has 0 spiro atoms. The summed E-state index contributed by atoms with van der Waals surface area (Å²) in [7, 11) is 0.264. The molecule has 21 heavy (non-hydrogen) atoms. The molecule has 0 fully saturated rings. The first-order valence-electron chi connectivity index (χ1n) is 6.79. The number of aromatic nitrogens is 1. The van der Waals surface area contributed by atoms with Crippen LogP contribution in [-0.2, 0) is 13.0 Å². The van der Waals surface area contributed by atoms with E-state index in [1.165, 1.54) is 6.07 Å². The van der Waals surface area contributed by atoms with Crippen LogP contribution >= 0.6 is 0 Å². The molecule has 110 valence electrons. The van der Waals surface area contributed by atoms with Gasteiger partial charge >= 0.3 is 7.12 Å². The van der Waals surface area contributed by atoms with Crippen LogP contribution in [0.15, 0.2) is 42.6 Å². The molecule has 1 aromatic heterocycles. The standard InChI is InChI=1S/C15H18BFN2O2/c1-19(9-7-14-4-2-3-8-18-14)11-12-5-6-13(17)10-15(12)16(20)21/h2-6,8,10,20-21H,7,9,11H2,1H3. The van der Waals surface area contributed by atoms with E-state index in [9.17, 15) is 14.4 Å². The van der Waals surface area contributed by atoms with E-state index in [0.29, 0.717) is 12.1 Å². The molecular formula is C15H18BFN2O2. The minimum Gasteiger partial charge on any atom is -0.423 e. The highest BCUT2D eigenvalue weighted by Crippen LogP contribution is 2.05. The summed E-state index contributed by atoms with van der Waals surface area (Å²) in [4.78, 5) is 6.29.